The lowest BCUT2D eigenvalue weighted by Gasteiger charge is -1.98. The Morgan fingerprint density at radius 3 is 1.97 bits per heavy atom. The molecule has 4 rings (SSSR count). The maximum atomic E-state index is 10.7. The Balaban J connectivity index is 1.40. The number of allylic oxidation sites excluding steroid dienone is 2. The van der Waals surface area contributed by atoms with Crippen molar-refractivity contribution in [1.29, 1.82) is 0 Å². The maximum Gasteiger partial charge on any atom is 0.269 e. The molecule has 0 spiro atoms. The molecule has 5 nitrogen and oxygen atoms in total. The molecule has 3 aromatic carbocycles. The van der Waals surface area contributed by atoms with Crippen LogP contribution in [-0.2, 0) is 0 Å². The van der Waals surface area contributed by atoms with E-state index in [9.17, 15) is 10.1 Å². The smallest absolute Gasteiger partial charge is 0.269 e. The van der Waals surface area contributed by atoms with Gasteiger partial charge >= 0.3 is 0 Å². The Labute approximate surface area is 173 Å². The third-order valence-electron chi connectivity index (χ3n) is 4.51. The van der Waals surface area contributed by atoms with Crippen LogP contribution in [-0.4, -0.2) is 9.91 Å². The average Bonchev–Trinajstić information content (AvgIpc) is 3.28. The molecule has 5 heteroatoms. The van der Waals surface area contributed by atoms with Gasteiger partial charge in [-0.3, -0.25) is 10.1 Å². The summed E-state index contributed by atoms with van der Waals surface area (Å²) in [5, 5.41) is 10.7. The molecule has 0 aliphatic carbocycles. The van der Waals surface area contributed by atoms with Crippen LogP contribution in [0, 0.1) is 10.1 Å². The first-order valence-electron chi connectivity index (χ1n) is 9.40. The fourth-order valence-corrected chi connectivity index (χ4v) is 2.92. The van der Waals surface area contributed by atoms with Crippen LogP contribution in [0.5, 0.6) is 0 Å². The van der Waals surface area contributed by atoms with Gasteiger partial charge in [-0.15, -0.1) is 0 Å². The highest BCUT2D eigenvalue weighted by atomic mass is 16.6. The van der Waals surface area contributed by atoms with Crippen LogP contribution in [0.4, 0.5) is 5.69 Å². The first kappa shape index (κ1) is 19.1. The van der Waals surface area contributed by atoms with Gasteiger partial charge in [-0.25, -0.2) is 4.98 Å². The number of hydrogen-bond acceptors (Lipinski definition) is 4. The predicted molar refractivity (Wildman–Crippen MR) is 119 cm³/mol. The number of nitro groups is 1. The number of non-ortho nitro benzene ring substituents is 1. The number of nitro benzene ring substituents is 1. The largest absolute Gasteiger partial charge is 0.436 e. The highest BCUT2D eigenvalue weighted by Gasteiger charge is 2.08. The van der Waals surface area contributed by atoms with Crippen molar-refractivity contribution in [3.8, 4) is 22.8 Å². The second-order valence-corrected chi connectivity index (χ2v) is 6.58. The van der Waals surface area contributed by atoms with E-state index in [0.717, 1.165) is 28.0 Å². The number of hydrogen-bond donors (Lipinski definition) is 0. The molecule has 0 unspecified atom stereocenters. The van der Waals surface area contributed by atoms with Crippen LogP contribution < -0.4 is 0 Å². The van der Waals surface area contributed by atoms with Gasteiger partial charge in [0.05, 0.1) is 11.1 Å². The lowest BCUT2D eigenvalue weighted by atomic mass is 10.1. The molecule has 0 N–H and O–H groups in total. The fourth-order valence-electron chi connectivity index (χ4n) is 2.92. The number of nitrogens with zero attached hydrogens (tertiary/aromatic N) is 2. The predicted octanol–water partition coefficient (Wildman–Crippen LogP) is 6.64. The zero-order chi connectivity index (χ0) is 20.8. The van der Waals surface area contributed by atoms with Gasteiger partial charge < -0.3 is 4.42 Å². The molecule has 1 aromatic heterocycles. The van der Waals surface area contributed by atoms with E-state index in [0.29, 0.717) is 5.89 Å². The molecule has 0 aliphatic heterocycles. The van der Waals surface area contributed by atoms with Gasteiger partial charge in [-0.1, -0.05) is 66.8 Å². The van der Waals surface area contributed by atoms with Crippen molar-refractivity contribution in [2.75, 3.05) is 0 Å². The van der Waals surface area contributed by atoms with Gasteiger partial charge in [0.25, 0.3) is 5.69 Å². The highest BCUT2D eigenvalue weighted by molar-refractivity contribution is 5.63. The normalized spacial score (nSPS) is 11.3. The molecule has 0 amide bonds. The maximum absolute atomic E-state index is 10.7. The van der Waals surface area contributed by atoms with Crippen molar-refractivity contribution in [2.45, 2.75) is 0 Å². The summed E-state index contributed by atoms with van der Waals surface area (Å²) in [4.78, 5) is 14.7. The Hall–Kier alpha value is -4.25. The monoisotopic (exact) mass is 394 g/mol. The summed E-state index contributed by atoms with van der Waals surface area (Å²) in [5.41, 5.74) is 3.94. The number of benzene rings is 3. The highest BCUT2D eigenvalue weighted by Crippen LogP contribution is 2.26. The van der Waals surface area contributed by atoms with Crippen molar-refractivity contribution in [3.63, 3.8) is 0 Å². The summed E-state index contributed by atoms with van der Waals surface area (Å²) in [5.74, 6) is 1.33. The molecule has 1 heterocycles. The molecule has 30 heavy (non-hydrogen) atoms. The zero-order valence-corrected chi connectivity index (χ0v) is 16.0. The molecule has 0 fully saturated rings. The number of oxazole rings is 1. The Bertz CT molecular complexity index is 1190. The summed E-state index contributed by atoms with van der Waals surface area (Å²) in [6.45, 7) is 0. The third-order valence-corrected chi connectivity index (χ3v) is 4.51. The first-order chi connectivity index (χ1) is 14.7. The van der Waals surface area contributed by atoms with Crippen LogP contribution in [0.25, 0.3) is 34.9 Å². The van der Waals surface area contributed by atoms with E-state index in [4.69, 9.17) is 4.42 Å². The zero-order valence-electron chi connectivity index (χ0n) is 16.0. The summed E-state index contributed by atoms with van der Waals surface area (Å²) in [6, 6.07) is 24.2. The molecule has 0 radical (unpaired) electrons. The molecule has 0 bridgehead atoms. The van der Waals surface area contributed by atoms with E-state index in [1.54, 1.807) is 18.3 Å². The molecule has 0 atom stereocenters. The molecular formula is C25H18N2O3. The summed E-state index contributed by atoms with van der Waals surface area (Å²) in [6.07, 6.45) is 9.44. The molecule has 4 aromatic rings. The van der Waals surface area contributed by atoms with E-state index in [1.165, 1.54) is 12.1 Å². The molecule has 0 aliphatic rings. The van der Waals surface area contributed by atoms with Crippen molar-refractivity contribution in [3.05, 3.63) is 118 Å². The van der Waals surface area contributed by atoms with Gasteiger partial charge in [-0.05, 0) is 35.4 Å². The van der Waals surface area contributed by atoms with Crippen molar-refractivity contribution in [2.24, 2.45) is 0 Å². The molecule has 0 saturated heterocycles. The minimum atomic E-state index is -0.405. The lowest BCUT2D eigenvalue weighted by molar-refractivity contribution is -0.384. The van der Waals surface area contributed by atoms with Gasteiger partial charge in [-0.2, -0.15) is 0 Å². The van der Waals surface area contributed by atoms with Crippen molar-refractivity contribution in [1.82, 2.24) is 4.98 Å². The Morgan fingerprint density at radius 2 is 1.37 bits per heavy atom. The second-order valence-electron chi connectivity index (χ2n) is 6.58. The second kappa shape index (κ2) is 8.84. The van der Waals surface area contributed by atoms with Gasteiger partial charge in [0.2, 0.25) is 5.89 Å². The van der Waals surface area contributed by atoms with Crippen LogP contribution in [0.3, 0.4) is 0 Å². The fraction of sp³-hybridized carbons (Fsp3) is 0. The Morgan fingerprint density at radius 1 is 0.767 bits per heavy atom. The van der Waals surface area contributed by atoms with Crippen molar-refractivity contribution >= 4 is 17.8 Å². The van der Waals surface area contributed by atoms with Crippen LogP contribution in [0.1, 0.15) is 11.1 Å². The topological polar surface area (TPSA) is 69.2 Å². The summed E-state index contributed by atoms with van der Waals surface area (Å²) in [7, 11) is 0. The molecular weight excluding hydrogens is 376 g/mol. The van der Waals surface area contributed by atoms with Crippen LogP contribution >= 0.6 is 0 Å². The van der Waals surface area contributed by atoms with E-state index in [2.05, 4.69) is 4.98 Å². The van der Waals surface area contributed by atoms with Gasteiger partial charge in [0, 0.05) is 23.3 Å². The van der Waals surface area contributed by atoms with Crippen molar-refractivity contribution < 1.29 is 9.34 Å². The SMILES string of the molecule is O=[N+]([O-])c1ccc(C=CC=Cc2ccc(-c3ncc(-c4ccccc4)o3)cc2)cc1. The van der Waals surface area contributed by atoms with E-state index in [1.807, 2.05) is 78.9 Å². The summed E-state index contributed by atoms with van der Waals surface area (Å²) >= 11 is 0. The van der Waals surface area contributed by atoms with E-state index < -0.39 is 4.92 Å². The van der Waals surface area contributed by atoms with Gasteiger partial charge in [0.1, 0.15) is 0 Å². The molecule has 146 valence electrons. The quantitative estimate of drug-likeness (QED) is 0.209. The lowest BCUT2D eigenvalue weighted by Crippen LogP contribution is -1.86. The van der Waals surface area contributed by atoms with E-state index >= 15 is 0 Å². The molecule has 0 saturated carbocycles. The van der Waals surface area contributed by atoms with Crippen LogP contribution in [0.2, 0.25) is 0 Å². The average molecular weight is 394 g/mol. The first-order valence-corrected chi connectivity index (χ1v) is 9.40. The minimum absolute atomic E-state index is 0.0877. The number of aromatic nitrogens is 1. The summed E-state index contributed by atoms with van der Waals surface area (Å²) < 4.78 is 5.88. The third kappa shape index (κ3) is 4.59. The standard InChI is InChI=1S/C25H18N2O3/c28-27(29)23-16-12-20(13-17-23)7-5-4-6-19-10-14-22(15-11-19)25-26-18-24(30-25)21-8-2-1-3-9-21/h1-18H. The minimum Gasteiger partial charge on any atom is -0.436 e. The number of rotatable bonds is 6. The van der Waals surface area contributed by atoms with Gasteiger partial charge in [0.15, 0.2) is 5.76 Å². The Kier molecular flexibility index (Phi) is 5.62. The van der Waals surface area contributed by atoms with E-state index in [-0.39, 0.29) is 5.69 Å². The van der Waals surface area contributed by atoms with Crippen LogP contribution in [0.15, 0.2) is 102 Å².